The second kappa shape index (κ2) is 12.3. The first-order chi connectivity index (χ1) is 21.6. The molecule has 9 atom stereocenters. The lowest BCUT2D eigenvalue weighted by molar-refractivity contribution is -0.422. The van der Waals surface area contributed by atoms with Crippen molar-refractivity contribution in [2.75, 3.05) is 11.5 Å². The van der Waals surface area contributed by atoms with Gasteiger partial charge in [0.2, 0.25) is 0 Å². The second-order valence-corrected chi connectivity index (χ2v) is 17.5. The molecule has 0 amide bonds. The zero-order chi connectivity index (χ0) is 35.0. The van der Waals surface area contributed by atoms with Crippen molar-refractivity contribution in [3.63, 3.8) is 0 Å². The predicted octanol–water partition coefficient (Wildman–Crippen LogP) is 11.3. The van der Waals surface area contributed by atoms with E-state index in [-0.39, 0.29) is 23.4 Å². The molecule has 4 aliphatic carbocycles. The molecule has 4 aliphatic rings. The summed E-state index contributed by atoms with van der Waals surface area (Å²) in [5, 5.41) is 0. The second-order valence-electron chi connectivity index (χ2n) is 17.5. The fourth-order valence-electron chi connectivity index (χ4n) is 11.8. The van der Waals surface area contributed by atoms with Gasteiger partial charge in [-0.1, -0.05) is 67.7 Å². The van der Waals surface area contributed by atoms with E-state index in [0.717, 1.165) is 49.7 Å². The highest BCUT2D eigenvalue weighted by molar-refractivity contribution is 5.58. The van der Waals surface area contributed by atoms with E-state index >= 15 is 26.3 Å². The summed E-state index contributed by atoms with van der Waals surface area (Å²) < 4.78 is 96.5. The van der Waals surface area contributed by atoms with Gasteiger partial charge in [-0.2, -0.15) is 26.3 Å². The van der Waals surface area contributed by atoms with Crippen molar-refractivity contribution in [3.05, 3.63) is 23.8 Å². The smallest absolute Gasteiger partial charge is 0.399 e. The van der Waals surface area contributed by atoms with Crippen LogP contribution in [0.1, 0.15) is 125 Å². The normalized spacial score (nSPS) is 36.5. The van der Waals surface area contributed by atoms with Gasteiger partial charge in [-0.25, -0.2) is 0 Å². The van der Waals surface area contributed by atoms with Gasteiger partial charge in [-0.15, -0.1) is 0 Å². The van der Waals surface area contributed by atoms with E-state index in [0.29, 0.717) is 41.6 Å². The molecule has 0 bridgehead atoms. The van der Waals surface area contributed by atoms with Crippen LogP contribution in [0.3, 0.4) is 0 Å². The van der Waals surface area contributed by atoms with Gasteiger partial charge in [0.1, 0.15) is 0 Å². The van der Waals surface area contributed by atoms with Crippen LogP contribution < -0.4 is 11.5 Å². The minimum atomic E-state index is -5.85. The molecule has 4 saturated carbocycles. The molecule has 3 nitrogen and oxygen atoms in total. The summed E-state index contributed by atoms with van der Waals surface area (Å²) in [6.07, 6.45) is 4.27. The van der Waals surface area contributed by atoms with Crippen LogP contribution in [0.15, 0.2) is 18.2 Å². The number of anilines is 2. The Bertz CT molecular complexity index is 1280. The molecule has 9 heteroatoms. The van der Waals surface area contributed by atoms with E-state index in [9.17, 15) is 0 Å². The summed E-state index contributed by atoms with van der Waals surface area (Å²) in [5.74, 6) is -7.43. The summed E-state index contributed by atoms with van der Waals surface area (Å²) in [6, 6.07) is 2.36. The van der Waals surface area contributed by atoms with E-state index in [4.69, 9.17) is 16.2 Å². The number of ether oxygens (including phenoxy) is 1. The van der Waals surface area contributed by atoms with E-state index in [1.165, 1.54) is 32.1 Å². The quantitative estimate of drug-likeness (QED) is 0.192. The number of hydrogen-bond acceptors (Lipinski definition) is 3. The number of nitrogens with two attached hydrogens (primary N) is 2. The Morgan fingerprint density at radius 3 is 2.09 bits per heavy atom. The molecule has 268 valence electrons. The number of benzene rings is 1. The zero-order valence-corrected chi connectivity index (χ0v) is 29.5. The molecule has 2 unspecified atom stereocenters. The molecule has 0 heterocycles. The molecule has 4 N–H and O–H groups in total. The molecular weight excluding hydrogens is 614 g/mol. The highest BCUT2D eigenvalue weighted by Crippen LogP contribution is 2.71. The van der Waals surface area contributed by atoms with Gasteiger partial charge in [0, 0.05) is 11.4 Å². The van der Waals surface area contributed by atoms with Crippen LogP contribution in [0.25, 0.3) is 0 Å². The maximum Gasteiger partial charge on any atom is 0.426 e. The van der Waals surface area contributed by atoms with Crippen LogP contribution in [0.2, 0.25) is 0 Å². The fraction of sp³-hybridized carbons (Fsp3) is 0.842. The molecule has 0 spiro atoms. The lowest BCUT2D eigenvalue weighted by Gasteiger charge is -2.65. The topological polar surface area (TPSA) is 61.3 Å². The van der Waals surface area contributed by atoms with Crippen molar-refractivity contribution in [2.45, 2.75) is 143 Å². The SMILES string of the molecule is CC(C)CCC[C@@H](C)[C@H]1CC[C@H]2[C@@H]3CCC4C(C)(C)C(OC(F)(F)C(F)(F)C(F)(F)c5ccc(N)cc5N)CC[C@]4(C)[C@H]3CC[C@]12C. The number of halogens is 6. The van der Waals surface area contributed by atoms with Crippen LogP contribution in [-0.2, 0) is 10.7 Å². The highest BCUT2D eigenvalue weighted by atomic mass is 19.3. The van der Waals surface area contributed by atoms with Crippen molar-refractivity contribution in [1.82, 2.24) is 0 Å². The van der Waals surface area contributed by atoms with Crippen LogP contribution in [0.4, 0.5) is 37.7 Å². The van der Waals surface area contributed by atoms with Gasteiger partial charge in [0.25, 0.3) is 0 Å². The van der Waals surface area contributed by atoms with E-state index < -0.39 is 40.7 Å². The summed E-state index contributed by atoms with van der Waals surface area (Å²) in [6.45, 7) is 15.5. The summed E-state index contributed by atoms with van der Waals surface area (Å²) in [5.41, 5.74) is 8.04. The first-order valence-corrected chi connectivity index (χ1v) is 18.1. The third kappa shape index (κ3) is 5.88. The molecule has 47 heavy (non-hydrogen) atoms. The summed E-state index contributed by atoms with van der Waals surface area (Å²) >= 11 is 0. The Morgan fingerprint density at radius 1 is 0.809 bits per heavy atom. The zero-order valence-electron chi connectivity index (χ0n) is 29.5. The monoisotopic (exact) mass is 672 g/mol. The van der Waals surface area contributed by atoms with Gasteiger partial charge in [-0.3, -0.25) is 0 Å². The molecule has 1 aromatic carbocycles. The van der Waals surface area contributed by atoms with Gasteiger partial charge in [0.15, 0.2) is 0 Å². The summed E-state index contributed by atoms with van der Waals surface area (Å²) in [4.78, 5) is 0. The molecule has 4 fully saturated rings. The number of alkyl halides is 6. The van der Waals surface area contributed by atoms with E-state index in [1.807, 2.05) is 13.8 Å². The van der Waals surface area contributed by atoms with Crippen molar-refractivity contribution in [1.29, 1.82) is 0 Å². The minimum absolute atomic E-state index is 0.0444. The Balaban J connectivity index is 1.32. The fourth-order valence-corrected chi connectivity index (χ4v) is 11.8. The lowest BCUT2D eigenvalue weighted by atomic mass is 9.41. The maximum absolute atomic E-state index is 15.4. The van der Waals surface area contributed by atoms with Crippen molar-refractivity contribution in [3.8, 4) is 0 Å². The van der Waals surface area contributed by atoms with Crippen molar-refractivity contribution in [2.24, 2.45) is 57.7 Å². The van der Waals surface area contributed by atoms with Gasteiger partial charge < -0.3 is 16.2 Å². The molecule has 1 aromatic rings. The van der Waals surface area contributed by atoms with Crippen LogP contribution >= 0.6 is 0 Å². The maximum atomic E-state index is 15.4. The van der Waals surface area contributed by atoms with E-state index in [2.05, 4.69) is 34.6 Å². The molecular formula is C38H58F6N2O. The molecule has 0 aromatic heterocycles. The first-order valence-electron chi connectivity index (χ1n) is 18.1. The number of rotatable bonds is 10. The largest absolute Gasteiger partial charge is 0.426 e. The van der Waals surface area contributed by atoms with Crippen molar-refractivity contribution >= 4 is 11.4 Å². The van der Waals surface area contributed by atoms with Crippen LogP contribution in [0, 0.1) is 57.7 Å². The van der Waals surface area contributed by atoms with Crippen molar-refractivity contribution < 1.29 is 31.1 Å². The Morgan fingerprint density at radius 2 is 1.45 bits per heavy atom. The standard InChI is InChI=1S/C38H58F6N2O/c1-22(2)9-8-10-23(3)26-14-15-27-25-12-16-31-33(4,5)32(18-20-35(31,7)28(25)17-19-34(26,27)6)47-38(43,44)37(41,42)36(39,40)29-13-11-24(45)21-30(29)46/h11,13,21-23,25-28,31-32H,8-10,12,14-20,45-46H2,1-7H3/t23-,25+,26-,27+,28+,31?,32?,34-,35-/m1/s1. The summed E-state index contributed by atoms with van der Waals surface area (Å²) in [7, 11) is 0. The highest BCUT2D eigenvalue weighted by Gasteiger charge is 2.75. The Hall–Kier alpha value is -1.64. The third-order valence-corrected chi connectivity index (χ3v) is 14.2. The molecule has 5 rings (SSSR count). The average molecular weight is 673 g/mol. The molecule has 0 aliphatic heterocycles. The predicted molar refractivity (Wildman–Crippen MR) is 176 cm³/mol. The van der Waals surface area contributed by atoms with Crippen LogP contribution in [-0.4, -0.2) is 18.1 Å². The van der Waals surface area contributed by atoms with E-state index in [1.54, 1.807) is 0 Å². The van der Waals surface area contributed by atoms with Gasteiger partial charge in [-0.05, 0) is 127 Å². The van der Waals surface area contributed by atoms with Crippen LogP contribution in [0.5, 0.6) is 0 Å². The average Bonchev–Trinajstić information content (AvgIpc) is 3.31. The minimum Gasteiger partial charge on any atom is -0.399 e. The molecule has 0 radical (unpaired) electrons. The van der Waals surface area contributed by atoms with Gasteiger partial charge >= 0.3 is 18.0 Å². The lowest BCUT2D eigenvalue weighted by Crippen LogP contribution is -2.62. The number of hydrogen-bond donors (Lipinski definition) is 2. The molecule has 0 saturated heterocycles. The van der Waals surface area contributed by atoms with Gasteiger partial charge in [0.05, 0.1) is 11.7 Å². The number of nitrogen functional groups attached to an aromatic ring is 2. The number of fused-ring (bicyclic) bond motifs is 5. The Labute approximate surface area is 278 Å². The Kier molecular flexibility index (Phi) is 9.58. The first kappa shape index (κ1) is 36.6. The third-order valence-electron chi connectivity index (χ3n) is 14.2.